The van der Waals surface area contributed by atoms with Crippen LogP contribution in [0.1, 0.15) is 119 Å². The standard InChI is InChI=1S/C43H69NO11/c1-10-31-19-25(2)18-26(3)20-36(52-8)39-37(53-9)22-28(5)43(50,55-39)40(47)41(48)44-17-12-11-16-33(44)42(49)54-38(29(6)34(45)24-35(31)46)27(4)21-30-14-13-15-32(23-30)51-7/h19,21,26,28-34,36-39,45,50H,10-18,20,22-24H2,1-9H3. The summed E-state index contributed by atoms with van der Waals surface area (Å²) in [5.74, 6) is -7.07. The fraction of sp³-hybridized carbons (Fsp3) is 0.814. The van der Waals surface area contributed by atoms with E-state index in [0.29, 0.717) is 32.1 Å². The lowest BCUT2D eigenvalue weighted by Crippen LogP contribution is -2.64. The van der Waals surface area contributed by atoms with Crippen LogP contribution >= 0.6 is 0 Å². The minimum Gasteiger partial charge on any atom is -0.456 e. The normalized spacial score (nSPS) is 39.8. The maximum Gasteiger partial charge on any atom is 0.329 e. The van der Waals surface area contributed by atoms with Crippen LogP contribution < -0.4 is 0 Å². The van der Waals surface area contributed by atoms with Crippen molar-refractivity contribution in [3.8, 4) is 0 Å². The molecule has 2 saturated heterocycles. The van der Waals surface area contributed by atoms with Gasteiger partial charge < -0.3 is 38.8 Å². The molecule has 13 atom stereocenters. The van der Waals surface area contributed by atoms with Gasteiger partial charge in [0.1, 0.15) is 24.0 Å². The molecule has 12 heteroatoms. The lowest BCUT2D eigenvalue weighted by atomic mass is 9.82. The SMILES string of the molecule is CCC1C=C(C)CC(C)CC(OC)C2OC(O)(C(=O)C(=O)N3CCCCC3C(=O)OC(C(C)=CC3CCCC(OC)C3)C(C)C(O)CC1=O)C(C)CC2OC. The summed E-state index contributed by atoms with van der Waals surface area (Å²) < 4.78 is 29.9. The number of cyclic esters (lactones) is 1. The first-order valence-corrected chi connectivity index (χ1v) is 20.7. The molecule has 4 rings (SSSR count). The molecular weight excluding hydrogens is 706 g/mol. The third-order valence-electron chi connectivity index (χ3n) is 12.8. The summed E-state index contributed by atoms with van der Waals surface area (Å²) >= 11 is 0. The van der Waals surface area contributed by atoms with Gasteiger partial charge in [-0.25, -0.2) is 4.79 Å². The van der Waals surface area contributed by atoms with Crippen LogP contribution in [0.2, 0.25) is 0 Å². The maximum atomic E-state index is 14.3. The summed E-state index contributed by atoms with van der Waals surface area (Å²) in [5, 5.41) is 23.7. The van der Waals surface area contributed by atoms with Gasteiger partial charge in [-0.2, -0.15) is 0 Å². The smallest absolute Gasteiger partial charge is 0.329 e. The molecule has 55 heavy (non-hydrogen) atoms. The van der Waals surface area contributed by atoms with Gasteiger partial charge in [-0.1, -0.05) is 51.8 Å². The Kier molecular flexibility index (Phi) is 16.7. The molecule has 13 unspecified atom stereocenters. The van der Waals surface area contributed by atoms with Crippen molar-refractivity contribution in [3.63, 3.8) is 0 Å². The van der Waals surface area contributed by atoms with E-state index in [9.17, 15) is 29.4 Å². The molecule has 2 N–H and O–H groups in total. The molecule has 4 aliphatic rings. The van der Waals surface area contributed by atoms with Crippen LogP contribution in [0.4, 0.5) is 0 Å². The zero-order valence-corrected chi connectivity index (χ0v) is 34.8. The van der Waals surface area contributed by atoms with Gasteiger partial charge in [0.25, 0.3) is 11.7 Å². The Morgan fingerprint density at radius 1 is 0.945 bits per heavy atom. The van der Waals surface area contributed by atoms with Crippen LogP contribution in [-0.4, -0.2) is 115 Å². The topological polar surface area (TPSA) is 158 Å². The highest BCUT2D eigenvalue weighted by Crippen LogP contribution is 2.39. The molecule has 3 fully saturated rings. The Bertz CT molecular complexity index is 1400. The second kappa shape index (κ2) is 20.3. The average Bonchev–Trinajstić information content (AvgIpc) is 3.17. The molecule has 0 spiro atoms. The molecule has 1 aliphatic carbocycles. The van der Waals surface area contributed by atoms with Crippen LogP contribution in [0.15, 0.2) is 23.3 Å². The highest BCUT2D eigenvalue weighted by Gasteiger charge is 2.56. The summed E-state index contributed by atoms with van der Waals surface area (Å²) in [7, 11) is 4.80. The second-order valence-corrected chi connectivity index (χ2v) is 17.0. The van der Waals surface area contributed by atoms with E-state index in [0.717, 1.165) is 36.8 Å². The van der Waals surface area contributed by atoms with E-state index in [1.807, 2.05) is 26.8 Å². The number of hydrogen-bond acceptors (Lipinski definition) is 11. The minimum absolute atomic E-state index is 0.0514. The zero-order chi connectivity index (χ0) is 40.6. The van der Waals surface area contributed by atoms with Gasteiger partial charge in [-0.3, -0.25) is 14.4 Å². The van der Waals surface area contributed by atoms with E-state index < -0.39 is 77.8 Å². The highest BCUT2D eigenvalue weighted by atomic mass is 16.7. The van der Waals surface area contributed by atoms with E-state index >= 15 is 0 Å². The summed E-state index contributed by atoms with van der Waals surface area (Å²) in [6.45, 7) is 11.4. The van der Waals surface area contributed by atoms with Gasteiger partial charge in [-0.15, -0.1) is 0 Å². The highest BCUT2D eigenvalue weighted by molar-refractivity contribution is 6.39. The number of hydrogen-bond donors (Lipinski definition) is 2. The Hall–Kier alpha value is -2.48. The van der Waals surface area contributed by atoms with E-state index in [1.165, 1.54) is 4.90 Å². The molecule has 3 aliphatic heterocycles. The number of esters is 1. The molecule has 1 amide bonds. The predicted molar refractivity (Wildman–Crippen MR) is 207 cm³/mol. The third-order valence-corrected chi connectivity index (χ3v) is 12.8. The van der Waals surface area contributed by atoms with Crippen molar-refractivity contribution in [3.05, 3.63) is 23.3 Å². The monoisotopic (exact) mass is 775 g/mol. The quantitative estimate of drug-likeness (QED) is 0.199. The van der Waals surface area contributed by atoms with Crippen LogP contribution in [0.3, 0.4) is 0 Å². The number of methoxy groups -OCH3 is 3. The predicted octanol–water partition coefficient (Wildman–Crippen LogP) is 5.50. The van der Waals surface area contributed by atoms with Gasteiger partial charge in [0.05, 0.1) is 24.4 Å². The average molecular weight is 776 g/mol. The van der Waals surface area contributed by atoms with Crippen LogP contribution in [0.25, 0.3) is 0 Å². The van der Waals surface area contributed by atoms with Crippen molar-refractivity contribution in [2.24, 2.45) is 29.6 Å². The van der Waals surface area contributed by atoms with Gasteiger partial charge in [-0.05, 0) is 95.5 Å². The molecule has 3 heterocycles. The number of piperidine rings is 1. The number of amides is 1. The summed E-state index contributed by atoms with van der Waals surface area (Å²) in [4.78, 5) is 57.6. The van der Waals surface area contributed by atoms with Crippen molar-refractivity contribution < 1.29 is 53.1 Å². The van der Waals surface area contributed by atoms with Crippen molar-refractivity contribution in [1.82, 2.24) is 4.90 Å². The lowest BCUT2D eigenvalue weighted by Gasteiger charge is -2.47. The Labute approximate surface area is 328 Å². The summed E-state index contributed by atoms with van der Waals surface area (Å²) in [6.07, 6.45) is 7.20. The Balaban J connectivity index is 1.76. The fourth-order valence-electron chi connectivity index (χ4n) is 9.39. The number of rotatable bonds is 6. The molecule has 2 bridgehead atoms. The van der Waals surface area contributed by atoms with E-state index in [1.54, 1.807) is 35.2 Å². The summed E-state index contributed by atoms with van der Waals surface area (Å²) in [5.41, 5.74) is 1.76. The molecule has 1 saturated carbocycles. The van der Waals surface area contributed by atoms with E-state index in [-0.39, 0.29) is 49.5 Å². The van der Waals surface area contributed by atoms with Crippen molar-refractivity contribution >= 4 is 23.4 Å². The minimum atomic E-state index is -2.48. The van der Waals surface area contributed by atoms with Gasteiger partial charge >= 0.3 is 5.97 Å². The number of nitrogens with zero attached hydrogens (tertiary/aromatic N) is 1. The van der Waals surface area contributed by atoms with E-state index in [4.69, 9.17) is 23.7 Å². The fourth-order valence-corrected chi connectivity index (χ4v) is 9.39. The first-order chi connectivity index (χ1) is 26.1. The number of aliphatic hydroxyl groups excluding tert-OH is 1. The van der Waals surface area contributed by atoms with Crippen LogP contribution in [-0.2, 0) is 42.9 Å². The molecular formula is C43H69NO11. The molecule has 0 aromatic heterocycles. The van der Waals surface area contributed by atoms with Gasteiger partial charge in [0.15, 0.2) is 0 Å². The number of aliphatic hydroxyl groups is 2. The number of carbonyl (C=O) groups is 4. The van der Waals surface area contributed by atoms with Crippen LogP contribution in [0, 0.1) is 29.6 Å². The van der Waals surface area contributed by atoms with Gasteiger partial charge in [0, 0.05) is 52.0 Å². The van der Waals surface area contributed by atoms with Crippen LogP contribution in [0.5, 0.6) is 0 Å². The van der Waals surface area contributed by atoms with Crippen molar-refractivity contribution in [1.29, 1.82) is 0 Å². The number of allylic oxidation sites excluding steroid dienone is 3. The largest absolute Gasteiger partial charge is 0.456 e. The molecule has 0 radical (unpaired) electrons. The number of Topliss-reactive ketones (excluding diaryl/α,β-unsaturated/α-hetero) is 2. The first kappa shape index (κ1) is 45.2. The molecule has 12 nitrogen and oxygen atoms in total. The zero-order valence-electron chi connectivity index (χ0n) is 34.8. The maximum absolute atomic E-state index is 14.3. The lowest BCUT2D eigenvalue weighted by molar-refractivity contribution is -0.302. The van der Waals surface area contributed by atoms with Crippen molar-refractivity contribution in [2.45, 2.75) is 167 Å². The molecule has 0 aromatic carbocycles. The number of ketones is 2. The summed E-state index contributed by atoms with van der Waals surface area (Å²) in [6, 6.07) is -1.09. The number of carbonyl (C=O) groups excluding carboxylic acids is 4. The van der Waals surface area contributed by atoms with E-state index in [2.05, 4.69) is 13.0 Å². The Morgan fingerprint density at radius 2 is 1.64 bits per heavy atom. The number of fused-ring (bicyclic) bond motifs is 3. The first-order valence-electron chi connectivity index (χ1n) is 20.7. The van der Waals surface area contributed by atoms with Gasteiger partial charge in [0.2, 0.25) is 5.79 Å². The Morgan fingerprint density at radius 3 is 2.29 bits per heavy atom. The van der Waals surface area contributed by atoms with Crippen molar-refractivity contribution in [2.75, 3.05) is 27.9 Å². The molecule has 0 aromatic rings. The number of ether oxygens (including phenoxy) is 5. The second-order valence-electron chi connectivity index (χ2n) is 17.0. The molecule has 312 valence electrons. The third kappa shape index (κ3) is 10.9.